The van der Waals surface area contributed by atoms with E-state index in [0.29, 0.717) is 0 Å². The lowest BCUT2D eigenvalue weighted by Gasteiger charge is -2.42. The summed E-state index contributed by atoms with van der Waals surface area (Å²) in [5.74, 6) is 0.501. The van der Waals surface area contributed by atoms with Crippen molar-refractivity contribution in [1.82, 2.24) is 5.32 Å². The Balaban J connectivity index is 2.33. The monoisotopic (exact) mass is 279 g/mol. The SMILES string of the molecule is CCCNC1CC(CC)(CCC)Oc2cc(F)ccc21. The lowest BCUT2D eigenvalue weighted by molar-refractivity contribution is 0.0175. The fourth-order valence-corrected chi connectivity index (χ4v) is 3.14. The second-order valence-corrected chi connectivity index (χ2v) is 5.78. The van der Waals surface area contributed by atoms with Crippen LogP contribution in [0.5, 0.6) is 5.75 Å². The van der Waals surface area contributed by atoms with Crippen molar-refractivity contribution >= 4 is 0 Å². The Hall–Kier alpha value is -1.09. The summed E-state index contributed by atoms with van der Waals surface area (Å²) in [6, 6.07) is 5.20. The first kappa shape index (κ1) is 15.3. The number of ether oxygens (including phenoxy) is 1. The Labute approximate surface area is 121 Å². The van der Waals surface area contributed by atoms with E-state index in [1.807, 2.05) is 6.07 Å². The molecule has 2 nitrogen and oxygen atoms in total. The van der Waals surface area contributed by atoms with E-state index < -0.39 is 0 Å². The minimum Gasteiger partial charge on any atom is -0.487 e. The van der Waals surface area contributed by atoms with Crippen molar-refractivity contribution in [1.29, 1.82) is 0 Å². The van der Waals surface area contributed by atoms with Gasteiger partial charge in [0, 0.05) is 24.1 Å². The van der Waals surface area contributed by atoms with Gasteiger partial charge in [-0.2, -0.15) is 0 Å². The maximum atomic E-state index is 13.5. The zero-order valence-corrected chi connectivity index (χ0v) is 12.8. The molecule has 20 heavy (non-hydrogen) atoms. The van der Waals surface area contributed by atoms with Crippen LogP contribution in [0.25, 0.3) is 0 Å². The summed E-state index contributed by atoms with van der Waals surface area (Å²) in [6.07, 6.45) is 5.13. The molecule has 1 heterocycles. The first-order chi connectivity index (χ1) is 9.64. The second-order valence-electron chi connectivity index (χ2n) is 5.78. The van der Waals surface area contributed by atoms with E-state index in [2.05, 4.69) is 26.1 Å². The summed E-state index contributed by atoms with van der Waals surface area (Å²) < 4.78 is 19.7. The van der Waals surface area contributed by atoms with Gasteiger partial charge in [0.2, 0.25) is 0 Å². The fourth-order valence-electron chi connectivity index (χ4n) is 3.14. The number of hydrogen-bond donors (Lipinski definition) is 1. The molecule has 2 rings (SSSR count). The van der Waals surface area contributed by atoms with Gasteiger partial charge in [-0.25, -0.2) is 4.39 Å². The van der Waals surface area contributed by atoms with E-state index in [4.69, 9.17) is 4.74 Å². The minimum absolute atomic E-state index is 0.152. The average Bonchev–Trinajstić information content (AvgIpc) is 2.44. The maximum absolute atomic E-state index is 13.5. The molecular formula is C17H26FNO. The highest BCUT2D eigenvalue weighted by Crippen LogP contribution is 2.43. The Kier molecular flexibility index (Phi) is 5.03. The van der Waals surface area contributed by atoms with Gasteiger partial charge >= 0.3 is 0 Å². The maximum Gasteiger partial charge on any atom is 0.127 e. The van der Waals surface area contributed by atoms with Crippen LogP contribution >= 0.6 is 0 Å². The highest BCUT2D eigenvalue weighted by Gasteiger charge is 2.38. The van der Waals surface area contributed by atoms with Crippen molar-refractivity contribution in [3.05, 3.63) is 29.6 Å². The molecule has 0 amide bonds. The van der Waals surface area contributed by atoms with Gasteiger partial charge in [0.05, 0.1) is 0 Å². The van der Waals surface area contributed by atoms with E-state index in [-0.39, 0.29) is 17.5 Å². The van der Waals surface area contributed by atoms with Gasteiger partial charge in [-0.3, -0.25) is 0 Å². The molecular weight excluding hydrogens is 253 g/mol. The molecule has 0 spiro atoms. The van der Waals surface area contributed by atoms with Crippen LogP contribution in [-0.4, -0.2) is 12.1 Å². The van der Waals surface area contributed by atoms with Crippen LogP contribution in [0, 0.1) is 5.82 Å². The van der Waals surface area contributed by atoms with Gasteiger partial charge in [-0.15, -0.1) is 0 Å². The first-order valence-corrected chi connectivity index (χ1v) is 7.86. The molecule has 0 saturated carbocycles. The largest absolute Gasteiger partial charge is 0.487 e. The van der Waals surface area contributed by atoms with E-state index >= 15 is 0 Å². The zero-order chi connectivity index (χ0) is 14.6. The summed E-state index contributed by atoms with van der Waals surface area (Å²) in [7, 11) is 0. The molecule has 3 heteroatoms. The molecule has 0 aliphatic carbocycles. The zero-order valence-electron chi connectivity index (χ0n) is 12.8. The molecule has 112 valence electrons. The Bertz CT molecular complexity index is 449. The van der Waals surface area contributed by atoms with Crippen molar-refractivity contribution in [3.63, 3.8) is 0 Å². The fraction of sp³-hybridized carbons (Fsp3) is 0.647. The molecule has 0 aromatic heterocycles. The van der Waals surface area contributed by atoms with Crippen LogP contribution in [0.1, 0.15) is 64.5 Å². The van der Waals surface area contributed by atoms with Crippen molar-refractivity contribution in [2.75, 3.05) is 6.54 Å². The normalized spacial score (nSPS) is 25.1. The van der Waals surface area contributed by atoms with Gasteiger partial charge < -0.3 is 10.1 Å². The molecule has 0 bridgehead atoms. The van der Waals surface area contributed by atoms with Crippen LogP contribution < -0.4 is 10.1 Å². The van der Waals surface area contributed by atoms with Crippen molar-refractivity contribution in [2.24, 2.45) is 0 Å². The summed E-state index contributed by atoms with van der Waals surface area (Å²) >= 11 is 0. The quantitative estimate of drug-likeness (QED) is 0.822. The lowest BCUT2D eigenvalue weighted by Crippen LogP contribution is -2.44. The van der Waals surface area contributed by atoms with Gasteiger partial charge in [-0.1, -0.05) is 33.3 Å². The highest BCUT2D eigenvalue weighted by molar-refractivity contribution is 5.39. The van der Waals surface area contributed by atoms with E-state index in [0.717, 1.165) is 50.0 Å². The number of nitrogens with one attached hydrogen (secondary N) is 1. The number of benzene rings is 1. The van der Waals surface area contributed by atoms with Gasteiger partial charge in [0.15, 0.2) is 0 Å². The molecule has 1 aliphatic heterocycles. The van der Waals surface area contributed by atoms with Crippen LogP contribution in [0.2, 0.25) is 0 Å². The van der Waals surface area contributed by atoms with Gasteiger partial charge in [0.25, 0.3) is 0 Å². The Morgan fingerprint density at radius 2 is 2.10 bits per heavy atom. The lowest BCUT2D eigenvalue weighted by atomic mass is 9.82. The third kappa shape index (κ3) is 3.14. The summed E-state index contributed by atoms with van der Waals surface area (Å²) in [6.45, 7) is 7.48. The van der Waals surface area contributed by atoms with E-state index in [1.54, 1.807) is 0 Å². The van der Waals surface area contributed by atoms with Gasteiger partial charge in [0.1, 0.15) is 17.2 Å². The molecule has 2 atom stereocenters. The number of rotatable bonds is 6. The minimum atomic E-state index is -0.221. The third-order valence-corrected chi connectivity index (χ3v) is 4.24. The molecule has 1 aromatic rings. The van der Waals surface area contributed by atoms with Crippen molar-refractivity contribution in [2.45, 2.75) is 64.5 Å². The third-order valence-electron chi connectivity index (χ3n) is 4.24. The van der Waals surface area contributed by atoms with E-state index in [9.17, 15) is 4.39 Å². The summed E-state index contributed by atoms with van der Waals surface area (Å²) in [4.78, 5) is 0. The smallest absolute Gasteiger partial charge is 0.127 e. The Morgan fingerprint density at radius 3 is 2.75 bits per heavy atom. The molecule has 0 fully saturated rings. The highest BCUT2D eigenvalue weighted by atomic mass is 19.1. The topological polar surface area (TPSA) is 21.3 Å². The summed E-state index contributed by atoms with van der Waals surface area (Å²) in [5.41, 5.74) is 0.945. The van der Waals surface area contributed by atoms with Crippen LogP contribution in [0.3, 0.4) is 0 Å². The van der Waals surface area contributed by atoms with Crippen molar-refractivity contribution < 1.29 is 9.13 Å². The van der Waals surface area contributed by atoms with Crippen LogP contribution in [0.15, 0.2) is 18.2 Å². The van der Waals surface area contributed by atoms with Crippen LogP contribution in [0.4, 0.5) is 4.39 Å². The Morgan fingerprint density at radius 1 is 1.30 bits per heavy atom. The van der Waals surface area contributed by atoms with E-state index in [1.165, 1.54) is 12.1 Å². The first-order valence-electron chi connectivity index (χ1n) is 7.86. The predicted molar refractivity (Wildman–Crippen MR) is 80.6 cm³/mol. The summed E-state index contributed by atoms with van der Waals surface area (Å²) in [5, 5.41) is 3.59. The average molecular weight is 279 g/mol. The number of hydrogen-bond acceptors (Lipinski definition) is 2. The molecule has 2 unspecified atom stereocenters. The van der Waals surface area contributed by atoms with Crippen LogP contribution in [-0.2, 0) is 0 Å². The number of halogens is 1. The standard InChI is InChI=1S/C17H26FNO/c1-4-9-17(6-3)12-15(19-10-5-2)14-8-7-13(18)11-16(14)20-17/h7-8,11,15,19H,4-6,9-10,12H2,1-3H3. The molecule has 1 aromatic carbocycles. The molecule has 0 radical (unpaired) electrons. The van der Waals surface area contributed by atoms with Crippen molar-refractivity contribution in [3.8, 4) is 5.75 Å². The van der Waals surface area contributed by atoms with Gasteiger partial charge in [-0.05, 0) is 31.9 Å². The molecule has 1 aliphatic rings. The molecule has 1 N–H and O–H groups in total. The number of fused-ring (bicyclic) bond motifs is 1. The second kappa shape index (κ2) is 6.57. The molecule has 0 saturated heterocycles. The predicted octanol–water partition coefficient (Wildman–Crippen LogP) is 4.60.